The van der Waals surface area contributed by atoms with Gasteiger partial charge in [-0.1, -0.05) is 17.4 Å². The first kappa shape index (κ1) is 21.2. The number of benzene rings is 1. The Morgan fingerprint density at radius 3 is 2.53 bits per heavy atom. The van der Waals surface area contributed by atoms with Crippen LogP contribution in [0.2, 0.25) is 0 Å². The molecule has 0 aliphatic carbocycles. The minimum Gasteiger partial charge on any atom is -0.497 e. The van der Waals surface area contributed by atoms with Crippen molar-refractivity contribution < 1.29 is 14.3 Å². The zero-order valence-corrected chi connectivity index (χ0v) is 20.1. The molecule has 1 aliphatic heterocycles. The number of piperazine rings is 1. The molecule has 4 aromatic heterocycles. The average molecular weight is 494 g/mol. The van der Waals surface area contributed by atoms with Gasteiger partial charge in [0.2, 0.25) is 16.7 Å². The first-order chi connectivity index (χ1) is 16.7. The molecular formula is C24H23N5O3S2. The summed E-state index contributed by atoms with van der Waals surface area (Å²) in [5, 5.41) is 17.7. The molecule has 0 bridgehead atoms. The van der Waals surface area contributed by atoms with Gasteiger partial charge >= 0.3 is 0 Å². The van der Waals surface area contributed by atoms with Gasteiger partial charge in [-0.3, -0.25) is 4.90 Å². The molecule has 1 aliphatic rings. The van der Waals surface area contributed by atoms with Crippen molar-refractivity contribution in [3.05, 3.63) is 69.9 Å². The molecular weight excluding hydrogens is 470 g/mol. The number of hydrogen-bond donors (Lipinski definition) is 1. The summed E-state index contributed by atoms with van der Waals surface area (Å²) in [6.45, 7) is 3.55. The summed E-state index contributed by atoms with van der Waals surface area (Å²) in [6, 6.07) is 16.0. The number of nitrogens with zero attached hydrogens (tertiary/aromatic N) is 5. The lowest BCUT2D eigenvalue weighted by molar-refractivity contribution is 0.213. The summed E-state index contributed by atoms with van der Waals surface area (Å²) in [5.74, 6) is 2.06. The van der Waals surface area contributed by atoms with E-state index in [0.717, 1.165) is 36.8 Å². The summed E-state index contributed by atoms with van der Waals surface area (Å²) in [4.78, 5) is 12.1. The van der Waals surface area contributed by atoms with Crippen molar-refractivity contribution in [3.63, 3.8) is 0 Å². The van der Waals surface area contributed by atoms with E-state index in [-0.39, 0.29) is 11.9 Å². The van der Waals surface area contributed by atoms with Crippen LogP contribution in [0, 0.1) is 0 Å². The quantitative estimate of drug-likeness (QED) is 0.366. The lowest BCUT2D eigenvalue weighted by atomic mass is 10.1. The van der Waals surface area contributed by atoms with E-state index < -0.39 is 0 Å². The minimum absolute atomic E-state index is 0.0430. The van der Waals surface area contributed by atoms with Crippen LogP contribution in [0.4, 0.5) is 5.69 Å². The molecule has 1 saturated heterocycles. The third-order valence-corrected chi connectivity index (χ3v) is 8.12. The molecule has 0 amide bonds. The number of anilines is 1. The van der Waals surface area contributed by atoms with Gasteiger partial charge in [0.15, 0.2) is 5.76 Å². The second-order valence-electron chi connectivity index (χ2n) is 8.04. The van der Waals surface area contributed by atoms with E-state index in [4.69, 9.17) is 9.15 Å². The van der Waals surface area contributed by atoms with Gasteiger partial charge in [0.25, 0.3) is 0 Å². The fourth-order valence-electron chi connectivity index (χ4n) is 4.39. The summed E-state index contributed by atoms with van der Waals surface area (Å²) in [6.07, 6.45) is 1.59. The van der Waals surface area contributed by atoms with E-state index in [1.54, 1.807) is 30.8 Å². The minimum atomic E-state index is -0.0430. The number of thiazole rings is 1. The van der Waals surface area contributed by atoms with Crippen molar-refractivity contribution in [2.45, 2.75) is 6.04 Å². The van der Waals surface area contributed by atoms with Crippen molar-refractivity contribution in [1.82, 2.24) is 19.5 Å². The molecule has 1 aromatic carbocycles. The molecule has 0 spiro atoms. The smallest absolute Gasteiger partial charge is 0.230 e. The van der Waals surface area contributed by atoms with Crippen LogP contribution in [0.25, 0.3) is 16.5 Å². The van der Waals surface area contributed by atoms with Crippen LogP contribution in [-0.4, -0.2) is 57.9 Å². The molecule has 1 unspecified atom stereocenters. The summed E-state index contributed by atoms with van der Waals surface area (Å²) in [7, 11) is 1.68. The van der Waals surface area contributed by atoms with Crippen molar-refractivity contribution >= 4 is 33.3 Å². The molecule has 34 heavy (non-hydrogen) atoms. The second-order valence-corrected chi connectivity index (χ2v) is 10.0. The lowest BCUT2D eigenvalue weighted by Crippen LogP contribution is -2.47. The highest BCUT2D eigenvalue weighted by Gasteiger charge is 2.32. The molecule has 1 atom stereocenters. The van der Waals surface area contributed by atoms with E-state index in [1.165, 1.54) is 26.4 Å². The zero-order chi connectivity index (χ0) is 23.1. The van der Waals surface area contributed by atoms with Crippen LogP contribution in [0.1, 0.15) is 15.8 Å². The number of fused-ring (bicyclic) bond motifs is 1. The summed E-state index contributed by atoms with van der Waals surface area (Å²) in [5.41, 5.74) is 1.19. The first-order valence-corrected chi connectivity index (χ1v) is 12.7. The number of aromatic nitrogens is 3. The first-order valence-electron chi connectivity index (χ1n) is 11.0. The number of aromatic hydroxyl groups is 1. The van der Waals surface area contributed by atoms with Crippen LogP contribution in [-0.2, 0) is 0 Å². The van der Waals surface area contributed by atoms with Crippen LogP contribution < -0.4 is 9.64 Å². The van der Waals surface area contributed by atoms with Gasteiger partial charge in [-0.2, -0.15) is 9.50 Å². The van der Waals surface area contributed by atoms with Crippen molar-refractivity contribution in [2.24, 2.45) is 0 Å². The Balaban J connectivity index is 1.28. The van der Waals surface area contributed by atoms with Crippen molar-refractivity contribution in [2.75, 3.05) is 38.2 Å². The van der Waals surface area contributed by atoms with E-state index >= 15 is 0 Å². The Morgan fingerprint density at radius 1 is 1.06 bits per heavy atom. The molecule has 5 aromatic rings. The fourth-order valence-corrected chi connectivity index (χ4v) is 6.44. The SMILES string of the molecule is COc1ccc(N2CCN(C(c3cccs3)c3sc4nc(-c5ccco5)nn4c3O)CC2)cc1. The Kier molecular flexibility index (Phi) is 5.48. The molecule has 5 heterocycles. The number of methoxy groups -OCH3 is 1. The third-order valence-electron chi connectivity index (χ3n) is 6.12. The summed E-state index contributed by atoms with van der Waals surface area (Å²) >= 11 is 3.18. The van der Waals surface area contributed by atoms with Crippen LogP contribution in [0.15, 0.2) is 64.6 Å². The Hall–Kier alpha value is -3.34. The highest BCUT2D eigenvalue weighted by atomic mass is 32.1. The van der Waals surface area contributed by atoms with Gasteiger partial charge in [-0.15, -0.1) is 16.4 Å². The van der Waals surface area contributed by atoms with E-state index in [1.807, 2.05) is 18.2 Å². The predicted octanol–water partition coefficient (Wildman–Crippen LogP) is 4.74. The Bertz CT molecular complexity index is 1370. The second kappa shape index (κ2) is 8.79. The third kappa shape index (κ3) is 3.73. The highest BCUT2D eigenvalue weighted by Crippen LogP contribution is 2.42. The molecule has 10 heteroatoms. The van der Waals surface area contributed by atoms with E-state index in [0.29, 0.717) is 16.5 Å². The van der Waals surface area contributed by atoms with Crippen molar-refractivity contribution in [1.29, 1.82) is 0 Å². The Morgan fingerprint density at radius 2 is 1.88 bits per heavy atom. The predicted molar refractivity (Wildman–Crippen MR) is 133 cm³/mol. The van der Waals surface area contributed by atoms with Crippen LogP contribution in [0.3, 0.4) is 0 Å². The topological polar surface area (TPSA) is 79.3 Å². The number of hydrogen-bond acceptors (Lipinski definition) is 9. The molecule has 1 N–H and O–H groups in total. The standard InChI is InChI=1S/C24H23N5O3S2/c1-31-17-8-6-16(7-9-17)27-10-12-28(13-11-27)20(19-5-3-15-33-19)21-23(30)29-24(34-21)25-22(26-29)18-4-2-14-32-18/h2-9,14-15,20,30H,10-13H2,1H3. The highest BCUT2D eigenvalue weighted by molar-refractivity contribution is 7.17. The van der Waals surface area contributed by atoms with E-state index in [2.05, 4.69) is 49.5 Å². The maximum atomic E-state index is 11.2. The van der Waals surface area contributed by atoms with Crippen molar-refractivity contribution in [3.8, 4) is 23.2 Å². The molecule has 1 fully saturated rings. The van der Waals surface area contributed by atoms with Gasteiger partial charge in [0, 0.05) is 36.7 Å². The normalized spacial score (nSPS) is 15.7. The maximum Gasteiger partial charge on any atom is 0.230 e. The number of thiophene rings is 1. The van der Waals surface area contributed by atoms with Gasteiger partial charge in [-0.05, 0) is 47.8 Å². The molecule has 174 valence electrons. The number of rotatable bonds is 6. The van der Waals surface area contributed by atoms with Gasteiger partial charge < -0.3 is 19.2 Å². The van der Waals surface area contributed by atoms with Gasteiger partial charge in [0.05, 0.1) is 24.3 Å². The lowest BCUT2D eigenvalue weighted by Gasteiger charge is -2.39. The summed E-state index contributed by atoms with van der Waals surface area (Å²) < 4.78 is 12.2. The molecule has 6 rings (SSSR count). The maximum absolute atomic E-state index is 11.2. The fraction of sp³-hybridized carbons (Fsp3) is 0.250. The van der Waals surface area contributed by atoms with Crippen LogP contribution >= 0.6 is 22.7 Å². The number of ether oxygens (including phenoxy) is 1. The number of furan rings is 1. The van der Waals surface area contributed by atoms with E-state index in [9.17, 15) is 5.11 Å². The van der Waals surface area contributed by atoms with Gasteiger partial charge in [0.1, 0.15) is 5.75 Å². The Labute approximate surface area is 204 Å². The zero-order valence-electron chi connectivity index (χ0n) is 18.5. The largest absolute Gasteiger partial charge is 0.497 e. The average Bonchev–Trinajstić information content (AvgIpc) is 3.68. The molecule has 0 saturated carbocycles. The van der Waals surface area contributed by atoms with Crippen LogP contribution in [0.5, 0.6) is 11.6 Å². The molecule has 8 nitrogen and oxygen atoms in total. The molecule has 0 radical (unpaired) electrons. The monoisotopic (exact) mass is 493 g/mol. The van der Waals surface area contributed by atoms with Gasteiger partial charge in [-0.25, -0.2) is 0 Å².